The van der Waals surface area contributed by atoms with Gasteiger partial charge in [-0.1, -0.05) is 13.3 Å². The molecule has 0 aliphatic rings. The van der Waals surface area contributed by atoms with Gasteiger partial charge in [-0.2, -0.15) is 0 Å². The quantitative estimate of drug-likeness (QED) is 0.524. The van der Waals surface area contributed by atoms with E-state index in [1.807, 2.05) is 6.92 Å². The Labute approximate surface area is 44.5 Å². The van der Waals surface area contributed by atoms with Crippen LogP contribution in [0.25, 0.3) is 0 Å². The molecule has 0 aromatic carbocycles. The summed E-state index contributed by atoms with van der Waals surface area (Å²) in [6, 6.07) is 0. The summed E-state index contributed by atoms with van der Waals surface area (Å²) < 4.78 is 0. The second-order valence-electron chi connectivity index (χ2n) is 1.57. The van der Waals surface area contributed by atoms with E-state index >= 15 is 0 Å². The summed E-state index contributed by atoms with van der Waals surface area (Å²) in [4.78, 5) is 0. The van der Waals surface area contributed by atoms with E-state index < -0.39 is 6.23 Å². The Morgan fingerprint density at radius 3 is 2.43 bits per heavy atom. The van der Waals surface area contributed by atoms with Crippen molar-refractivity contribution in [1.82, 2.24) is 5.32 Å². The molecule has 2 heteroatoms. The molecule has 2 nitrogen and oxygen atoms in total. The maximum Gasteiger partial charge on any atom is 0.143 e. The maximum absolute atomic E-state index is 10.4. The minimum absolute atomic E-state index is 0.551. The van der Waals surface area contributed by atoms with Crippen LogP contribution in [0.4, 0.5) is 0 Å². The molecular weight excluding hydrogens is 90.1 g/mol. The van der Waals surface area contributed by atoms with Crippen molar-refractivity contribution in [3.8, 4) is 0 Å². The number of hydrogen-bond acceptors (Lipinski definition) is 1. The van der Waals surface area contributed by atoms with E-state index in [0.29, 0.717) is 0 Å². The van der Waals surface area contributed by atoms with Crippen LogP contribution in [-0.4, -0.2) is 13.3 Å². The summed E-state index contributed by atoms with van der Waals surface area (Å²) in [7, 11) is 1.69. The fourth-order valence-electron chi connectivity index (χ4n) is 0.407. The highest BCUT2D eigenvalue weighted by Crippen LogP contribution is 1.89. The van der Waals surface area contributed by atoms with Crippen LogP contribution in [0.1, 0.15) is 19.8 Å². The van der Waals surface area contributed by atoms with E-state index in [1.54, 1.807) is 7.05 Å². The first kappa shape index (κ1) is 6.92. The Balaban J connectivity index is 2.83. The molecule has 0 heterocycles. The Hall–Kier alpha value is -0.0800. The zero-order chi connectivity index (χ0) is 5.70. The van der Waals surface area contributed by atoms with Gasteiger partial charge in [0.1, 0.15) is 6.23 Å². The van der Waals surface area contributed by atoms with E-state index in [9.17, 15) is 5.11 Å². The predicted octanol–water partition coefficient (Wildman–Crippen LogP) is 0.762. The largest absolute Gasteiger partial charge is 0.293 e. The molecule has 1 N–H and O–H groups in total. The topological polar surface area (TPSA) is 31.9 Å². The third-order valence-electron chi connectivity index (χ3n) is 0.873. The van der Waals surface area contributed by atoms with E-state index in [0.717, 1.165) is 12.8 Å². The van der Waals surface area contributed by atoms with Gasteiger partial charge in [0, 0.05) is 0 Å². The van der Waals surface area contributed by atoms with Crippen molar-refractivity contribution < 1.29 is 5.11 Å². The minimum atomic E-state index is -0.551. The third kappa shape index (κ3) is 3.76. The molecule has 43 valence electrons. The van der Waals surface area contributed by atoms with Gasteiger partial charge in [0.25, 0.3) is 0 Å². The summed E-state index contributed by atoms with van der Waals surface area (Å²) in [5.74, 6) is 0. The molecule has 0 fully saturated rings. The van der Waals surface area contributed by atoms with Crippen LogP contribution in [0.15, 0.2) is 0 Å². The molecule has 0 aliphatic heterocycles. The van der Waals surface area contributed by atoms with Crippen LogP contribution >= 0.6 is 0 Å². The Kier molecular flexibility index (Phi) is 4.04. The first-order valence-corrected chi connectivity index (χ1v) is 2.64. The van der Waals surface area contributed by atoms with Crippen molar-refractivity contribution in [3.05, 3.63) is 0 Å². The average molecular weight is 102 g/mol. The number of hydrogen-bond donors (Lipinski definition) is 1. The molecule has 7 heavy (non-hydrogen) atoms. The van der Waals surface area contributed by atoms with E-state index in [1.165, 1.54) is 0 Å². The molecular formula is C5H12NO. The first-order chi connectivity index (χ1) is 3.31. The molecule has 1 unspecified atom stereocenters. The molecule has 0 bridgehead atoms. The van der Waals surface area contributed by atoms with E-state index in [2.05, 4.69) is 5.32 Å². The van der Waals surface area contributed by atoms with Crippen molar-refractivity contribution in [2.45, 2.75) is 26.0 Å². The fourth-order valence-corrected chi connectivity index (χ4v) is 0.407. The highest BCUT2D eigenvalue weighted by Gasteiger charge is 1.95. The number of rotatable bonds is 3. The molecule has 0 rings (SSSR count). The van der Waals surface area contributed by atoms with Gasteiger partial charge in [0.05, 0.1) is 0 Å². The summed E-state index contributed by atoms with van der Waals surface area (Å²) >= 11 is 0. The van der Waals surface area contributed by atoms with Gasteiger partial charge in [-0.3, -0.25) is 5.32 Å². The lowest BCUT2D eigenvalue weighted by Gasteiger charge is -2.01. The highest BCUT2D eigenvalue weighted by molar-refractivity contribution is 4.43. The van der Waals surface area contributed by atoms with Gasteiger partial charge in [-0.05, 0) is 13.5 Å². The van der Waals surface area contributed by atoms with Crippen molar-refractivity contribution in [3.63, 3.8) is 0 Å². The van der Waals surface area contributed by atoms with Crippen LogP contribution in [0.2, 0.25) is 0 Å². The molecule has 0 saturated heterocycles. The second kappa shape index (κ2) is 4.09. The van der Waals surface area contributed by atoms with Gasteiger partial charge in [-0.15, -0.1) is 0 Å². The van der Waals surface area contributed by atoms with Crippen LogP contribution in [-0.2, 0) is 5.11 Å². The first-order valence-electron chi connectivity index (χ1n) is 2.64. The highest BCUT2D eigenvalue weighted by atomic mass is 16.3. The van der Waals surface area contributed by atoms with Crippen molar-refractivity contribution in [1.29, 1.82) is 0 Å². The smallest absolute Gasteiger partial charge is 0.143 e. The molecule has 1 radical (unpaired) electrons. The summed E-state index contributed by atoms with van der Waals surface area (Å²) in [5.41, 5.74) is 0. The third-order valence-corrected chi connectivity index (χ3v) is 0.873. The lowest BCUT2D eigenvalue weighted by Crippen LogP contribution is -2.21. The SMILES string of the molecule is CCCC([O])NC. The summed E-state index contributed by atoms with van der Waals surface area (Å²) in [5, 5.41) is 13.0. The zero-order valence-corrected chi connectivity index (χ0v) is 4.90. The molecule has 0 aliphatic carbocycles. The van der Waals surface area contributed by atoms with Gasteiger partial charge < -0.3 is 0 Å². The molecule has 0 aromatic rings. The Bertz CT molecular complexity index is 39.1. The summed E-state index contributed by atoms with van der Waals surface area (Å²) in [6.07, 6.45) is 1.15. The molecule has 0 aromatic heterocycles. The van der Waals surface area contributed by atoms with Crippen LogP contribution in [0, 0.1) is 0 Å². The predicted molar refractivity (Wildman–Crippen MR) is 28.4 cm³/mol. The van der Waals surface area contributed by atoms with Gasteiger partial charge in [-0.25, -0.2) is 5.11 Å². The second-order valence-corrected chi connectivity index (χ2v) is 1.57. The average Bonchev–Trinajstić information content (AvgIpc) is 1.68. The minimum Gasteiger partial charge on any atom is -0.293 e. The monoisotopic (exact) mass is 102 g/mol. The van der Waals surface area contributed by atoms with Crippen LogP contribution < -0.4 is 5.32 Å². The molecule has 0 amide bonds. The van der Waals surface area contributed by atoms with E-state index in [-0.39, 0.29) is 0 Å². The molecule has 1 atom stereocenters. The molecule has 0 spiro atoms. The fraction of sp³-hybridized carbons (Fsp3) is 1.00. The van der Waals surface area contributed by atoms with Gasteiger partial charge >= 0.3 is 0 Å². The summed E-state index contributed by atoms with van der Waals surface area (Å²) in [6.45, 7) is 2.00. The molecule has 0 saturated carbocycles. The standard InChI is InChI=1S/C5H12NO/c1-3-4-5(7)6-2/h5-6H,3-4H2,1-2H3. The normalized spacial score (nSPS) is 14.1. The van der Waals surface area contributed by atoms with Crippen LogP contribution in [0.5, 0.6) is 0 Å². The van der Waals surface area contributed by atoms with Gasteiger partial charge in [0.2, 0.25) is 0 Å². The van der Waals surface area contributed by atoms with Gasteiger partial charge in [0.15, 0.2) is 0 Å². The van der Waals surface area contributed by atoms with Crippen LogP contribution in [0.3, 0.4) is 0 Å². The Morgan fingerprint density at radius 2 is 2.29 bits per heavy atom. The zero-order valence-electron chi connectivity index (χ0n) is 4.90. The maximum atomic E-state index is 10.4. The van der Waals surface area contributed by atoms with Crippen molar-refractivity contribution in [2.24, 2.45) is 0 Å². The number of nitrogens with one attached hydrogen (secondary N) is 1. The van der Waals surface area contributed by atoms with Crippen molar-refractivity contribution >= 4 is 0 Å². The Morgan fingerprint density at radius 1 is 1.71 bits per heavy atom. The lowest BCUT2D eigenvalue weighted by molar-refractivity contribution is 0.0580. The van der Waals surface area contributed by atoms with Crippen molar-refractivity contribution in [2.75, 3.05) is 7.05 Å². The van der Waals surface area contributed by atoms with E-state index in [4.69, 9.17) is 0 Å². The lowest BCUT2D eigenvalue weighted by atomic mass is 10.3.